The molecule has 0 amide bonds. The molecule has 1 aliphatic carbocycles. The molecule has 0 aliphatic heterocycles. The van der Waals surface area contributed by atoms with E-state index >= 15 is 0 Å². The molecule has 1 unspecified atom stereocenters. The van der Waals surface area contributed by atoms with Gasteiger partial charge in [-0.3, -0.25) is 4.79 Å². The summed E-state index contributed by atoms with van der Waals surface area (Å²) in [6, 6.07) is -0.0926. The van der Waals surface area contributed by atoms with Gasteiger partial charge in [0.15, 0.2) is 0 Å². The Morgan fingerprint density at radius 1 is 1.43 bits per heavy atom. The zero-order valence-corrected chi connectivity index (χ0v) is 9.16. The third-order valence-electron chi connectivity index (χ3n) is 2.75. The minimum atomic E-state index is -0.139. The first kappa shape index (κ1) is 11.5. The van der Waals surface area contributed by atoms with Gasteiger partial charge < -0.3 is 10.5 Å². The van der Waals surface area contributed by atoms with Crippen LogP contribution in [0.25, 0.3) is 0 Å². The van der Waals surface area contributed by atoms with Crippen LogP contribution in [-0.2, 0) is 9.53 Å². The fourth-order valence-corrected chi connectivity index (χ4v) is 1.84. The normalized spacial score (nSPS) is 29.6. The van der Waals surface area contributed by atoms with Gasteiger partial charge in [0.25, 0.3) is 0 Å². The molecule has 0 bridgehead atoms. The van der Waals surface area contributed by atoms with Gasteiger partial charge in [-0.2, -0.15) is 0 Å². The van der Waals surface area contributed by atoms with E-state index in [-0.39, 0.29) is 18.1 Å². The van der Waals surface area contributed by atoms with Crippen LogP contribution in [0.15, 0.2) is 0 Å². The molecule has 1 fully saturated rings. The standard InChI is InChI=1S/C11H21NO2/c1-8-3-5-10(6-4-8)14-11(13)7-9(2)12/h8-10H,3-7,12H2,1-2H3. The summed E-state index contributed by atoms with van der Waals surface area (Å²) < 4.78 is 5.33. The Hall–Kier alpha value is -0.570. The van der Waals surface area contributed by atoms with Crippen LogP contribution in [0.4, 0.5) is 0 Å². The molecule has 3 nitrogen and oxygen atoms in total. The largest absolute Gasteiger partial charge is 0.462 e. The molecule has 1 rings (SSSR count). The van der Waals surface area contributed by atoms with Crippen molar-refractivity contribution in [2.75, 3.05) is 0 Å². The summed E-state index contributed by atoms with van der Waals surface area (Å²) in [5, 5.41) is 0. The molecule has 1 saturated carbocycles. The van der Waals surface area contributed by atoms with Crippen LogP contribution in [0.5, 0.6) is 0 Å². The zero-order chi connectivity index (χ0) is 10.6. The van der Waals surface area contributed by atoms with E-state index in [4.69, 9.17) is 10.5 Å². The van der Waals surface area contributed by atoms with E-state index in [0.29, 0.717) is 6.42 Å². The van der Waals surface area contributed by atoms with E-state index in [1.807, 2.05) is 6.92 Å². The van der Waals surface area contributed by atoms with Crippen molar-refractivity contribution in [3.05, 3.63) is 0 Å². The van der Waals surface area contributed by atoms with E-state index in [2.05, 4.69) is 6.92 Å². The predicted octanol–water partition coefficient (Wildman–Crippen LogP) is 1.85. The summed E-state index contributed by atoms with van der Waals surface area (Å²) in [6.07, 6.45) is 4.88. The number of hydrogen-bond acceptors (Lipinski definition) is 3. The van der Waals surface area contributed by atoms with Crippen molar-refractivity contribution in [3.63, 3.8) is 0 Å². The third kappa shape index (κ3) is 4.09. The maximum absolute atomic E-state index is 11.3. The quantitative estimate of drug-likeness (QED) is 0.706. The van der Waals surface area contributed by atoms with Crippen LogP contribution in [0.3, 0.4) is 0 Å². The van der Waals surface area contributed by atoms with Crippen LogP contribution in [0.2, 0.25) is 0 Å². The molecule has 1 aliphatic rings. The van der Waals surface area contributed by atoms with Crippen molar-refractivity contribution in [3.8, 4) is 0 Å². The van der Waals surface area contributed by atoms with Crippen molar-refractivity contribution < 1.29 is 9.53 Å². The molecule has 0 saturated heterocycles. The lowest BCUT2D eigenvalue weighted by atomic mass is 9.89. The van der Waals surface area contributed by atoms with Gasteiger partial charge in [-0.1, -0.05) is 6.92 Å². The summed E-state index contributed by atoms with van der Waals surface area (Å²) >= 11 is 0. The maximum atomic E-state index is 11.3. The predicted molar refractivity (Wildman–Crippen MR) is 55.8 cm³/mol. The molecule has 0 aromatic carbocycles. The minimum Gasteiger partial charge on any atom is -0.462 e. The molecule has 3 heteroatoms. The van der Waals surface area contributed by atoms with Gasteiger partial charge in [-0.25, -0.2) is 0 Å². The number of carbonyl (C=O) groups excluding carboxylic acids is 1. The topological polar surface area (TPSA) is 52.3 Å². The Kier molecular flexibility index (Phi) is 4.39. The fraction of sp³-hybridized carbons (Fsp3) is 0.909. The number of hydrogen-bond donors (Lipinski definition) is 1. The van der Waals surface area contributed by atoms with E-state index in [0.717, 1.165) is 18.8 Å². The number of carbonyl (C=O) groups is 1. The zero-order valence-electron chi connectivity index (χ0n) is 9.16. The van der Waals surface area contributed by atoms with E-state index in [1.165, 1.54) is 12.8 Å². The molecule has 0 heterocycles. The summed E-state index contributed by atoms with van der Waals surface area (Å²) in [7, 11) is 0. The van der Waals surface area contributed by atoms with Crippen LogP contribution in [0.1, 0.15) is 46.0 Å². The van der Waals surface area contributed by atoms with Gasteiger partial charge >= 0.3 is 5.97 Å². The lowest BCUT2D eigenvalue weighted by Crippen LogP contribution is -2.27. The minimum absolute atomic E-state index is 0.0926. The van der Waals surface area contributed by atoms with Crippen LogP contribution in [0, 0.1) is 5.92 Å². The molecule has 14 heavy (non-hydrogen) atoms. The van der Waals surface area contributed by atoms with E-state index in [9.17, 15) is 4.79 Å². The summed E-state index contributed by atoms with van der Waals surface area (Å²) in [5.41, 5.74) is 5.52. The second-order valence-corrected chi connectivity index (χ2v) is 4.55. The van der Waals surface area contributed by atoms with Crippen molar-refractivity contribution in [1.29, 1.82) is 0 Å². The molecular weight excluding hydrogens is 178 g/mol. The fourth-order valence-electron chi connectivity index (χ4n) is 1.84. The SMILES string of the molecule is CC(N)CC(=O)OC1CCC(C)CC1. The highest BCUT2D eigenvalue weighted by Crippen LogP contribution is 2.25. The lowest BCUT2D eigenvalue weighted by molar-refractivity contribution is -0.151. The smallest absolute Gasteiger partial charge is 0.307 e. The first-order valence-electron chi connectivity index (χ1n) is 5.53. The van der Waals surface area contributed by atoms with Crippen LogP contribution < -0.4 is 5.73 Å². The molecule has 0 aromatic heterocycles. The third-order valence-corrected chi connectivity index (χ3v) is 2.75. The number of esters is 1. The van der Waals surface area contributed by atoms with Gasteiger partial charge in [0.2, 0.25) is 0 Å². The molecule has 82 valence electrons. The first-order valence-corrected chi connectivity index (χ1v) is 5.53. The summed E-state index contributed by atoms with van der Waals surface area (Å²) in [4.78, 5) is 11.3. The van der Waals surface area contributed by atoms with Gasteiger partial charge in [0.1, 0.15) is 6.10 Å². The highest BCUT2D eigenvalue weighted by molar-refractivity contribution is 5.70. The number of ether oxygens (including phenoxy) is 1. The summed E-state index contributed by atoms with van der Waals surface area (Å²) in [5.74, 6) is 0.651. The summed E-state index contributed by atoms with van der Waals surface area (Å²) in [6.45, 7) is 4.07. The molecule has 2 N–H and O–H groups in total. The average molecular weight is 199 g/mol. The van der Waals surface area contributed by atoms with Gasteiger partial charge in [0, 0.05) is 6.04 Å². The van der Waals surface area contributed by atoms with Crippen LogP contribution >= 0.6 is 0 Å². The Balaban J connectivity index is 2.20. The second-order valence-electron chi connectivity index (χ2n) is 4.55. The first-order chi connectivity index (χ1) is 6.58. The monoisotopic (exact) mass is 199 g/mol. The van der Waals surface area contributed by atoms with Crippen molar-refractivity contribution >= 4 is 5.97 Å². The molecular formula is C11H21NO2. The molecule has 0 aromatic rings. The van der Waals surface area contributed by atoms with Crippen LogP contribution in [-0.4, -0.2) is 18.1 Å². The van der Waals surface area contributed by atoms with Crippen molar-refractivity contribution in [1.82, 2.24) is 0 Å². The molecule has 1 atom stereocenters. The highest BCUT2D eigenvalue weighted by Gasteiger charge is 2.21. The Bertz CT molecular complexity index is 184. The average Bonchev–Trinajstić information content (AvgIpc) is 2.07. The van der Waals surface area contributed by atoms with Crippen molar-refractivity contribution in [2.45, 2.75) is 58.1 Å². The van der Waals surface area contributed by atoms with Gasteiger partial charge in [-0.15, -0.1) is 0 Å². The van der Waals surface area contributed by atoms with E-state index < -0.39 is 0 Å². The lowest BCUT2D eigenvalue weighted by Gasteiger charge is -2.26. The van der Waals surface area contributed by atoms with Crippen molar-refractivity contribution in [2.24, 2.45) is 11.7 Å². The number of nitrogens with two attached hydrogens (primary N) is 1. The Labute approximate surface area is 86.0 Å². The van der Waals surface area contributed by atoms with Gasteiger partial charge in [-0.05, 0) is 38.5 Å². The highest BCUT2D eigenvalue weighted by atomic mass is 16.5. The maximum Gasteiger partial charge on any atom is 0.307 e. The number of rotatable bonds is 3. The Morgan fingerprint density at radius 3 is 2.50 bits per heavy atom. The molecule has 0 spiro atoms. The van der Waals surface area contributed by atoms with E-state index in [1.54, 1.807) is 0 Å². The van der Waals surface area contributed by atoms with Gasteiger partial charge in [0.05, 0.1) is 6.42 Å². The Morgan fingerprint density at radius 2 is 2.00 bits per heavy atom. The second kappa shape index (κ2) is 5.35. The molecule has 0 radical (unpaired) electrons.